The second-order valence-corrected chi connectivity index (χ2v) is 19.3. The third-order valence-electron chi connectivity index (χ3n) is 10.5. The largest absolute Gasteiger partial charge is 0.447 e. The standard InChI is InChI=1S/C42H76N6O11.C2H4/c1-11-33(14-12-13-15-34(51)46-27-45-28(2)3)59-38(55)48-31-17-40(7,8)24-42(10,19-31)26-44-36(53)57-21-32(50)22-58-37(54)47-30-16-39(5,6)23-41(9,18-30)25-43-35(52)56-20-29(4)49;1-2/h12-13,28-33,45,49-50H,11,14-27H2,1-10H3,(H,43,52)(H,44,53)(H,46,51)(H,47,54)(H,48,55);1-2H2/b13-12+;. The molecule has 0 aliphatic heterocycles. The van der Waals surface area contributed by atoms with Gasteiger partial charge in [-0.1, -0.05) is 60.6 Å². The molecule has 0 bridgehead atoms. The van der Waals surface area contributed by atoms with Crippen molar-refractivity contribution in [3.8, 4) is 0 Å². The minimum atomic E-state index is -1.25. The number of carbonyl (C=O) groups excluding carboxylic acids is 5. The van der Waals surface area contributed by atoms with Gasteiger partial charge < -0.3 is 55.7 Å². The van der Waals surface area contributed by atoms with E-state index in [4.69, 9.17) is 18.9 Å². The van der Waals surface area contributed by atoms with Crippen LogP contribution >= 0.6 is 0 Å². The fourth-order valence-corrected chi connectivity index (χ4v) is 8.73. The number of ether oxygens (including phenoxy) is 4. The Morgan fingerprint density at radius 3 is 1.64 bits per heavy atom. The maximum absolute atomic E-state index is 13.0. The Balaban J connectivity index is 0.00000916. The lowest BCUT2D eigenvalue weighted by Crippen LogP contribution is -2.51. The van der Waals surface area contributed by atoms with Crippen molar-refractivity contribution >= 4 is 30.3 Å². The van der Waals surface area contributed by atoms with Crippen LogP contribution in [-0.4, -0.2) is 117 Å². The summed E-state index contributed by atoms with van der Waals surface area (Å²) >= 11 is 0. The zero-order valence-corrected chi connectivity index (χ0v) is 38.7. The first-order valence-corrected chi connectivity index (χ1v) is 21.6. The van der Waals surface area contributed by atoms with E-state index in [1.807, 2.05) is 40.7 Å². The number of nitrogens with one attached hydrogen (secondary N) is 6. The molecule has 0 saturated heterocycles. The molecule has 17 nitrogen and oxygen atoms in total. The Hall–Kier alpha value is -4.09. The van der Waals surface area contributed by atoms with E-state index in [2.05, 4.69) is 72.8 Å². The molecule has 8 N–H and O–H groups in total. The maximum Gasteiger partial charge on any atom is 0.407 e. The van der Waals surface area contributed by atoms with Gasteiger partial charge >= 0.3 is 24.4 Å². The summed E-state index contributed by atoms with van der Waals surface area (Å²) in [4.78, 5) is 62.4. The molecule has 352 valence electrons. The molecule has 0 aromatic carbocycles. The van der Waals surface area contributed by atoms with Gasteiger partial charge in [0.05, 0.1) is 12.8 Å². The second-order valence-electron chi connectivity index (χ2n) is 19.3. The van der Waals surface area contributed by atoms with E-state index in [0.29, 0.717) is 45.3 Å². The Labute approximate surface area is 364 Å². The van der Waals surface area contributed by atoms with Crippen LogP contribution in [0, 0.1) is 21.7 Å². The van der Waals surface area contributed by atoms with Gasteiger partial charge in [0.25, 0.3) is 0 Å². The number of hydrogen-bond acceptors (Lipinski definition) is 12. The third kappa shape index (κ3) is 24.2. The van der Waals surface area contributed by atoms with Gasteiger partial charge in [-0.3, -0.25) is 10.1 Å². The highest BCUT2D eigenvalue weighted by atomic mass is 16.6. The van der Waals surface area contributed by atoms with Crippen molar-refractivity contribution in [2.75, 3.05) is 39.6 Å². The first kappa shape index (κ1) is 54.9. The summed E-state index contributed by atoms with van der Waals surface area (Å²) in [5, 5.41) is 37.2. The first-order chi connectivity index (χ1) is 28.4. The molecule has 7 unspecified atom stereocenters. The summed E-state index contributed by atoms with van der Waals surface area (Å²) in [7, 11) is 0. The summed E-state index contributed by atoms with van der Waals surface area (Å²) in [6, 6.07) is -0.161. The highest BCUT2D eigenvalue weighted by molar-refractivity contribution is 5.77. The SMILES string of the molecule is C=C.CCC(C/C=C/CC(=O)NCNC(C)C)OC(=O)NC1CC(C)(C)CC(C)(CNC(=O)OCC(O)COC(=O)NC2CC(C)(C)CC(C)(CNC(=O)OCC(C)O)C2)C1. The van der Waals surface area contributed by atoms with Crippen LogP contribution in [0.25, 0.3) is 0 Å². The number of alkyl carbamates (subject to hydrolysis) is 4. The molecule has 17 heteroatoms. The van der Waals surface area contributed by atoms with Crippen LogP contribution in [0.1, 0.15) is 127 Å². The molecule has 0 heterocycles. The van der Waals surface area contributed by atoms with Crippen molar-refractivity contribution in [1.82, 2.24) is 31.9 Å². The number of aliphatic hydroxyl groups is 2. The molecule has 7 atom stereocenters. The minimum absolute atomic E-state index is 0.0931. The van der Waals surface area contributed by atoms with Crippen molar-refractivity contribution in [3.63, 3.8) is 0 Å². The van der Waals surface area contributed by atoms with Crippen molar-refractivity contribution in [2.45, 2.75) is 163 Å². The lowest BCUT2D eigenvalue weighted by Gasteiger charge is -2.46. The average Bonchev–Trinajstić information content (AvgIpc) is 3.14. The fraction of sp³-hybridized carbons (Fsp3) is 0.795. The van der Waals surface area contributed by atoms with Crippen LogP contribution in [0.2, 0.25) is 0 Å². The van der Waals surface area contributed by atoms with Crippen LogP contribution in [-0.2, 0) is 23.7 Å². The average molecular weight is 869 g/mol. The van der Waals surface area contributed by atoms with Gasteiger partial charge in [-0.15, -0.1) is 13.2 Å². The molecule has 0 spiro atoms. The van der Waals surface area contributed by atoms with Gasteiger partial charge in [0.1, 0.15) is 32.0 Å². The monoisotopic (exact) mass is 869 g/mol. The normalized spacial score (nSPS) is 24.4. The van der Waals surface area contributed by atoms with Gasteiger partial charge in [0.15, 0.2) is 0 Å². The summed E-state index contributed by atoms with van der Waals surface area (Å²) < 4.78 is 21.2. The molecular weight excluding hydrogens is 789 g/mol. The predicted octanol–water partition coefficient (Wildman–Crippen LogP) is 5.79. The Kier molecular flexibility index (Phi) is 23.8. The summed E-state index contributed by atoms with van der Waals surface area (Å²) in [6.07, 6.45) is 4.22. The molecule has 61 heavy (non-hydrogen) atoms. The maximum atomic E-state index is 13.0. The molecule has 2 rings (SSSR count). The zero-order chi connectivity index (χ0) is 46.4. The van der Waals surface area contributed by atoms with E-state index in [9.17, 15) is 34.2 Å². The Morgan fingerprint density at radius 2 is 1.16 bits per heavy atom. The molecule has 2 saturated carbocycles. The number of hydrogen-bond donors (Lipinski definition) is 8. The molecule has 2 aliphatic rings. The molecular formula is C44H80N6O11. The number of rotatable bonds is 21. The number of carbonyl (C=O) groups is 5. The van der Waals surface area contributed by atoms with Crippen molar-refractivity contribution in [3.05, 3.63) is 25.3 Å². The molecule has 0 radical (unpaired) electrons. The molecule has 5 amide bonds. The van der Waals surface area contributed by atoms with Crippen LogP contribution in [0.5, 0.6) is 0 Å². The van der Waals surface area contributed by atoms with Crippen LogP contribution in [0.15, 0.2) is 25.3 Å². The van der Waals surface area contributed by atoms with Crippen molar-refractivity contribution in [1.29, 1.82) is 0 Å². The first-order valence-electron chi connectivity index (χ1n) is 21.6. The van der Waals surface area contributed by atoms with Crippen molar-refractivity contribution < 1.29 is 53.1 Å². The van der Waals surface area contributed by atoms with Crippen LogP contribution in [0.4, 0.5) is 19.2 Å². The van der Waals surface area contributed by atoms with Crippen LogP contribution < -0.4 is 31.9 Å². The summed E-state index contributed by atoms with van der Waals surface area (Å²) in [5.74, 6) is -0.0931. The number of amides is 5. The lowest BCUT2D eigenvalue weighted by atomic mass is 9.62. The highest BCUT2D eigenvalue weighted by Crippen LogP contribution is 2.47. The van der Waals surface area contributed by atoms with E-state index in [-0.39, 0.29) is 84.6 Å². The van der Waals surface area contributed by atoms with Gasteiger partial charge in [0, 0.05) is 44.1 Å². The zero-order valence-electron chi connectivity index (χ0n) is 38.7. The smallest absolute Gasteiger partial charge is 0.407 e. The lowest BCUT2D eigenvalue weighted by molar-refractivity contribution is -0.120. The second kappa shape index (κ2) is 26.4. The van der Waals surface area contributed by atoms with Crippen molar-refractivity contribution in [2.24, 2.45) is 21.7 Å². The highest BCUT2D eigenvalue weighted by Gasteiger charge is 2.43. The van der Waals surface area contributed by atoms with E-state index in [1.54, 1.807) is 6.08 Å². The van der Waals surface area contributed by atoms with Gasteiger partial charge in [-0.25, -0.2) is 19.2 Å². The van der Waals surface area contributed by atoms with Crippen LogP contribution in [0.3, 0.4) is 0 Å². The van der Waals surface area contributed by atoms with E-state index in [1.165, 1.54) is 6.92 Å². The number of aliphatic hydroxyl groups excluding tert-OH is 2. The minimum Gasteiger partial charge on any atom is -0.447 e. The van der Waals surface area contributed by atoms with Gasteiger partial charge in [0.2, 0.25) is 5.91 Å². The molecule has 0 aromatic heterocycles. The summed E-state index contributed by atoms with van der Waals surface area (Å²) in [5.41, 5.74) is -1.01. The topological polar surface area (TPSA) is 235 Å². The molecule has 2 aliphatic carbocycles. The van der Waals surface area contributed by atoms with E-state index in [0.717, 1.165) is 19.3 Å². The Bertz CT molecular complexity index is 1410. The third-order valence-corrected chi connectivity index (χ3v) is 10.5. The van der Waals surface area contributed by atoms with E-state index < -0.39 is 36.6 Å². The predicted molar refractivity (Wildman–Crippen MR) is 235 cm³/mol. The quantitative estimate of drug-likeness (QED) is 0.0389. The summed E-state index contributed by atoms with van der Waals surface area (Å²) in [6.45, 7) is 26.1. The fourth-order valence-electron chi connectivity index (χ4n) is 8.73. The van der Waals surface area contributed by atoms with E-state index >= 15 is 0 Å². The molecule has 2 fully saturated rings. The van der Waals surface area contributed by atoms with Gasteiger partial charge in [-0.05, 0) is 87.4 Å². The molecule has 0 aromatic rings. The Morgan fingerprint density at radius 1 is 0.689 bits per heavy atom. The van der Waals surface area contributed by atoms with Gasteiger partial charge in [-0.2, -0.15) is 0 Å².